The fraction of sp³-hybridized carbons (Fsp3) is 0.889. The van der Waals surface area contributed by atoms with Gasteiger partial charge in [-0.1, -0.05) is 65.2 Å². The van der Waals surface area contributed by atoms with Crippen LogP contribution in [-0.2, 0) is 28.4 Å². The summed E-state index contributed by atoms with van der Waals surface area (Å²) in [5.41, 5.74) is 0. The molecule has 0 aromatic heterocycles. The van der Waals surface area contributed by atoms with E-state index in [0.29, 0.717) is 18.6 Å². The van der Waals surface area contributed by atoms with Crippen molar-refractivity contribution in [1.82, 2.24) is 0 Å². The molecule has 0 N–H and O–H groups in total. The van der Waals surface area contributed by atoms with Gasteiger partial charge < -0.3 is 14.7 Å². The van der Waals surface area contributed by atoms with Crippen molar-refractivity contribution in [3.8, 4) is 0 Å². The second-order valence-electron chi connectivity index (χ2n) is 6.14. The molecule has 0 aliphatic heterocycles. The van der Waals surface area contributed by atoms with Crippen molar-refractivity contribution in [3.05, 3.63) is 0 Å². The van der Waals surface area contributed by atoms with E-state index in [-0.39, 0.29) is 64.4 Å². The van der Waals surface area contributed by atoms with Gasteiger partial charge in [0.2, 0.25) is 0 Å². The molecule has 0 aromatic rings. The minimum atomic E-state index is -0.979. The fourth-order valence-corrected chi connectivity index (χ4v) is 2.77. The third-order valence-electron chi connectivity index (χ3n) is 3.80. The molecule has 0 heterocycles. The maximum Gasteiger partial charge on any atom is 1.00 e. The van der Waals surface area contributed by atoms with Crippen molar-refractivity contribution in [3.63, 3.8) is 0 Å². The molecule has 9 heteroatoms. The van der Waals surface area contributed by atoms with Crippen LogP contribution in [0.25, 0.3) is 0 Å². The van der Waals surface area contributed by atoms with Gasteiger partial charge in [0.25, 0.3) is 0 Å². The van der Waals surface area contributed by atoms with E-state index in [1.54, 1.807) is 0 Å². The molecular formula is C18H33KO7S. The molecule has 154 valence electrons. The van der Waals surface area contributed by atoms with E-state index in [4.69, 9.17) is 9.47 Å². The van der Waals surface area contributed by atoms with Gasteiger partial charge in [-0.25, -0.2) is 0 Å². The Balaban J connectivity index is 0. The van der Waals surface area contributed by atoms with Crippen molar-refractivity contribution in [2.45, 2.75) is 89.7 Å². The van der Waals surface area contributed by atoms with Crippen LogP contribution in [0.3, 0.4) is 0 Å². The summed E-state index contributed by atoms with van der Waals surface area (Å²) in [5, 5.41) is 12.3. The summed E-state index contributed by atoms with van der Waals surface area (Å²) in [5.74, 6) is -1.13. The average Bonchev–Trinajstić information content (AvgIpc) is 2.64. The number of carbonyl (C=O) groups is 2. The molecule has 1 unspecified atom stereocenters. The Hall–Kier alpha value is 0.806. The van der Waals surface area contributed by atoms with Gasteiger partial charge >= 0.3 is 63.3 Å². The minimum absolute atomic E-state index is 0. The number of carbonyl (C=O) groups excluding carboxylic acids is 2. The molecule has 0 spiro atoms. The van der Waals surface area contributed by atoms with Crippen molar-refractivity contribution >= 4 is 24.0 Å². The Morgan fingerprint density at radius 2 is 1.37 bits per heavy atom. The van der Waals surface area contributed by atoms with Crippen molar-refractivity contribution < 1.29 is 85.1 Å². The predicted molar refractivity (Wildman–Crippen MR) is 97.6 cm³/mol. The molecule has 7 nitrogen and oxygen atoms in total. The predicted octanol–water partition coefficient (Wildman–Crippen LogP) is 0.648. The molecule has 0 aliphatic carbocycles. The molecule has 0 radical (unpaired) electrons. The first-order chi connectivity index (χ1) is 12.7. The van der Waals surface area contributed by atoms with Gasteiger partial charge in [0, 0.05) is 12.0 Å². The van der Waals surface area contributed by atoms with Crippen LogP contribution in [0.1, 0.15) is 84.5 Å². The molecule has 0 saturated heterocycles. The molecule has 0 fully saturated rings. The van der Waals surface area contributed by atoms with Crippen LogP contribution < -0.4 is 56.6 Å². The third-order valence-corrected chi connectivity index (χ3v) is 4.53. The number of hydrogen-bond donors (Lipinski definition) is 0. The zero-order chi connectivity index (χ0) is 19.5. The van der Waals surface area contributed by atoms with Crippen LogP contribution in [0.15, 0.2) is 0 Å². The number of rotatable bonds is 18. The SMILES string of the molecule is CCCCCCCCOC(=O)CC(SOO[O-])C(=O)OCCCCCC.[K+]. The first-order valence-corrected chi connectivity index (χ1v) is 10.4. The normalized spacial score (nSPS) is 11.5. The standard InChI is InChI=1S/C18H34O7S.K/c1-3-5-7-9-10-12-13-22-17(19)15-16(26-25-24-21)18(20)23-14-11-8-6-4-2;/h16,21H,3-15H2,1-2H3;/q;+1/p-1. The van der Waals surface area contributed by atoms with Crippen LogP contribution in [0, 0.1) is 0 Å². The summed E-state index contributed by atoms with van der Waals surface area (Å²) in [6, 6.07) is 0. The average molecular weight is 433 g/mol. The maximum atomic E-state index is 12.0. The first-order valence-electron chi connectivity index (χ1n) is 9.59. The van der Waals surface area contributed by atoms with Gasteiger partial charge in [0.1, 0.15) is 5.25 Å². The Morgan fingerprint density at radius 1 is 0.852 bits per heavy atom. The van der Waals surface area contributed by atoms with Gasteiger partial charge in [0.05, 0.1) is 19.6 Å². The molecule has 0 aliphatic rings. The molecule has 0 rings (SSSR count). The quantitative estimate of drug-likeness (QED) is 0.0778. The van der Waals surface area contributed by atoms with Gasteiger partial charge in [-0.2, -0.15) is 4.33 Å². The number of ether oxygens (including phenoxy) is 2. The molecule has 0 bridgehead atoms. The van der Waals surface area contributed by atoms with E-state index < -0.39 is 17.2 Å². The molecule has 0 amide bonds. The van der Waals surface area contributed by atoms with E-state index in [2.05, 4.69) is 23.2 Å². The molecule has 27 heavy (non-hydrogen) atoms. The van der Waals surface area contributed by atoms with Crippen molar-refractivity contribution in [2.75, 3.05) is 13.2 Å². The number of esters is 2. The summed E-state index contributed by atoms with van der Waals surface area (Å²) in [6.45, 7) is 4.86. The monoisotopic (exact) mass is 432 g/mol. The van der Waals surface area contributed by atoms with Gasteiger partial charge in [-0.15, -0.1) is 0 Å². The summed E-state index contributed by atoms with van der Waals surface area (Å²) < 4.78 is 14.5. The summed E-state index contributed by atoms with van der Waals surface area (Å²) in [6.07, 6.45) is 10.2. The summed E-state index contributed by atoms with van der Waals surface area (Å²) in [4.78, 5) is 23.9. The Morgan fingerprint density at radius 3 is 1.96 bits per heavy atom. The fourth-order valence-electron chi connectivity index (χ4n) is 2.29. The third kappa shape index (κ3) is 19.9. The van der Waals surface area contributed by atoms with Crippen LogP contribution in [-0.4, -0.2) is 30.4 Å². The topological polar surface area (TPSA) is 94.1 Å². The van der Waals surface area contributed by atoms with E-state index in [0.717, 1.165) is 44.9 Å². The van der Waals surface area contributed by atoms with Crippen molar-refractivity contribution in [2.24, 2.45) is 0 Å². The van der Waals surface area contributed by atoms with Crippen molar-refractivity contribution in [1.29, 1.82) is 0 Å². The van der Waals surface area contributed by atoms with Gasteiger partial charge in [0.15, 0.2) is 0 Å². The zero-order valence-electron chi connectivity index (χ0n) is 17.0. The van der Waals surface area contributed by atoms with Gasteiger partial charge in [-0.3, -0.25) is 14.6 Å². The Labute approximate surface area is 210 Å². The maximum absolute atomic E-state index is 12.0. The summed E-state index contributed by atoms with van der Waals surface area (Å²) >= 11 is 0.469. The molecular weight excluding hydrogens is 399 g/mol. The summed E-state index contributed by atoms with van der Waals surface area (Å²) in [7, 11) is 0. The number of unbranched alkanes of at least 4 members (excludes halogenated alkanes) is 8. The molecule has 0 aromatic carbocycles. The zero-order valence-corrected chi connectivity index (χ0v) is 21.0. The Kier molecular flexibility index (Phi) is 25.7. The smallest absolute Gasteiger partial charge is 0.691 e. The van der Waals surface area contributed by atoms with Gasteiger partial charge in [-0.05, 0) is 12.8 Å². The van der Waals surface area contributed by atoms with E-state index >= 15 is 0 Å². The van der Waals surface area contributed by atoms with E-state index in [9.17, 15) is 14.8 Å². The van der Waals surface area contributed by atoms with Crippen LogP contribution in [0.2, 0.25) is 0 Å². The molecule has 1 atom stereocenters. The largest absolute Gasteiger partial charge is 1.00 e. The minimum Gasteiger partial charge on any atom is -0.691 e. The number of hydrogen-bond acceptors (Lipinski definition) is 8. The van der Waals surface area contributed by atoms with Crippen LogP contribution in [0.5, 0.6) is 0 Å². The first kappa shape index (κ1) is 30.0. The second-order valence-corrected chi connectivity index (χ2v) is 7.04. The van der Waals surface area contributed by atoms with E-state index in [1.165, 1.54) is 19.3 Å². The van der Waals surface area contributed by atoms with Crippen LogP contribution >= 0.6 is 12.0 Å². The van der Waals surface area contributed by atoms with E-state index in [1.807, 2.05) is 0 Å². The molecule has 0 saturated carbocycles. The van der Waals surface area contributed by atoms with Crippen LogP contribution in [0.4, 0.5) is 0 Å². The Bertz CT molecular complexity index is 359. The second kappa shape index (κ2) is 23.1.